The van der Waals surface area contributed by atoms with E-state index in [0.717, 1.165) is 26.3 Å². The monoisotopic (exact) mass is 220 g/mol. The van der Waals surface area contributed by atoms with Crippen molar-refractivity contribution in [2.24, 2.45) is 0 Å². The van der Waals surface area contributed by atoms with Crippen LogP contribution in [-0.2, 0) is 4.74 Å². The van der Waals surface area contributed by atoms with Crippen molar-refractivity contribution < 1.29 is 4.74 Å². The number of benzene rings is 1. The summed E-state index contributed by atoms with van der Waals surface area (Å²) in [6.45, 7) is 5.76. The largest absolute Gasteiger partial charge is 0.378 e. The van der Waals surface area contributed by atoms with Crippen LogP contribution in [0.4, 0.5) is 0 Å². The molecule has 0 aliphatic carbocycles. The van der Waals surface area contributed by atoms with Gasteiger partial charge in [0, 0.05) is 25.2 Å². The maximum Gasteiger partial charge on any atom is 0.0632 e. The fourth-order valence-corrected chi connectivity index (χ4v) is 1.93. The van der Waals surface area contributed by atoms with E-state index >= 15 is 0 Å². The van der Waals surface area contributed by atoms with E-state index < -0.39 is 0 Å². The Bertz CT molecular complexity index is 296. The second-order valence-electron chi connectivity index (χ2n) is 4.27. The van der Waals surface area contributed by atoms with Crippen molar-refractivity contribution in [3.05, 3.63) is 35.9 Å². The quantitative estimate of drug-likeness (QED) is 0.803. The third-order valence-electron chi connectivity index (χ3n) is 2.97. The van der Waals surface area contributed by atoms with Gasteiger partial charge in [-0.3, -0.25) is 0 Å². The number of rotatable bonds is 4. The molecule has 3 nitrogen and oxygen atoms in total. The van der Waals surface area contributed by atoms with Crippen LogP contribution in [0.3, 0.4) is 0 Å². The Morgan fingerprint density at radius 2 is 2.25 bits per heavy atom. The normalized spacial score (nSPS) is 22.9. The van der Waals surface area contributed by atoms with E-state index in [1.54, 1.807) is 0 Å². The molecule has 2 N–H and O–H groups in total. The van der Waals surface area contributed by atoms with Gasteiger partial charge in [0.05, 0.1) is 13.2 Å². The van der Waals surface area contributed by atoms with E-state index in [0.29, 0.717) is 12.1 Å². The Morgan fingerprint density at radius 1 is 1.44 bits per heavy atom. The van der Waals surface area contributed by atoms with Crippen molar-refractivity contribution in [3.8, 4) is 0 Å². The predicted molar refractivity (Wildman–Crippen MR) is 65.5 cm³/mol. The molecule has 1 heterocycles. The first-order valence-electron chi connectivity index (χ1n) is 5.96. The number of morpholine rings is 1. The van der Waals surface area contributed by atoms with Crippen LogP contribution in [-0.4, -0.2) is 32.3 Å². The molecule has 1 aromatic carbocycles. The Kier molecular flexibility index (Phi) is 4.34. The van der Waals surface area contributed by atoms with Gasteiger partial charge in [0.25, 0.3) is 0 Å². The van der Waals surface area contributed by atoms with Crippen molar-refractivity contribution in [2.45, 2.75) is 19.0 Å². The molecule has 2 rings (SSSR count). The molecule has 88 valence electrons. The average Bonchev–Trinajstić information content (AvgIpc) is 2.38. The van der Waals surface area contributed by atoms with Gasteiger partial charge >= 0.3 is 0 Å². The first-order valence-corrected chi connectivity index (χ1v) is 5.96. The van der Waals surface area contributed by atoms with Crippen molar-refractivity contribution in [1.82, 2.24) is 10.6 Å². The van der Waals surface area contributed by atoms with Gasteiger partial charge in [-0.2, -0.15) is 0 Å². The summed E-state index contributed by atoms with van der Waals surface area (Å²) in [6, 6.07) is 11.4. The van der Waals surface area contributed by atoms with Gasteiger partial charge in [0.1, 0.15) is 0 Å². The van der Waals surface area contributed by atoms with Crippen molar-refractivity contribution in [1.29, 1.82) is 0 Å². The smallest absolute Gasteiger partial charge is 0.0632 e. The van der Waals surface area contributed by atoms with Gasteiger partial charge in [-0.1, -0.05) is 30.3 Å². The fourth-order valence-electron chi connectivity index (χ4n) is 1.93. The molecule has 1 fully saturated rings. The summed E-state index contributed by atoms with van der Waals surface area (Å²) >= 11 is 0. The molecular weight excluding hydrogens is 200 g/mol. The number of hydrogen-bond donors (Lipinski definition) is 2. The van der Waals surface area contributed by atoms with Crippen LogP contribution in [0.5, 0.6) is 0 Å². The number of nitrogens with one attached hydrogen (secondary N) is 2. The molecule has 2 unspecified atom stereocenters. The molecule has 3 heteroatoms. The van der Waals surface area contributed by atoms with Crippen LogP contribution < -0.4 is 10.6 Å². The summed E-state index contributed by atoms with van der Waals surface area (Å²) in [5, 5.41) is 6.96. The van der Waals surface area contributed by atoms with Crippen LogP contribution in [0.25, 0.3) is 0 Å². The third-order valence-corrected chi connectivity index (χ3v) is 2.97. The maximum atomic E-state index is 5.42. The molecule has 16 heavy (non-hydrogen) atoms. The summed E-state index contributed by atoms with van der Waals surface area (Å²) in [5.74, 6) is 0. The summed E-state index contributed by atoms with van der Waals surface area (Å²) in [4.78, 5) is 0. The summed E-state index contributed by atoms with van der Waals surface area (Å²) in [6.07, 6.45) is 0. The third kappa shape index (κ3) is 3.30. The maximum absolute atomic E-state index is 5.42. The predicted octanol–water partition coefficient (Wildman–Crippen LogP) is 1.33. The molecule has 2 atom stereocenters. The van der Waals surface area contributed by atoms with Crippen molar-refractivity contribution in [2.75, 3.05) is 26.3 Å². The fraction of sp³-hybridized carbons (Fsp3) is 0.538. The highest BCUT2D eigenvalue weighted by atomic mass is 16.5. The van der Waals surface area contributed by atoms with E-state index in [2.05, 4.69) is 41.8 Å². The minimum Gasteiger partial charge on any atom is -0.378 e. The van der Waals surface area contributed by atoms with Gasteiger partial charge in [0.2, 0.25) is 0 Å². The molecule has 1 saturated heterocycles. The average molecular weight is 220 g/mol. The van der Waals surface area contributed by atoms with E-state index in [4.69, 9.17) is 4.74 Å². The summed E-state index contributed by atoms with van der Waals surface area (Å²) in [7, 11) is 0. The molecular formula is C13H20N2O. The zero-order valence-corrected chi connectivity index (χ0v) is 9.78. The van der Waals surface area contributed by atoms with Crippen molar-refractivity contribution >= 4 is 0 Å². The van der Waals surface area contributed by atoms with E-state index in [-0.39, 0.29) is 0 Å². The molecule has 0 aromatic heterocycles. The molecule has 0 radical (unpaired) electrons. The Balaban J connectivity index is 1.77. The topological polar surface area (TPSA) is 33.3 Å². The van der Waals surface area contributed by atoms with Gasteiger partial charge in [-0.05, 0) is 12.5 Å². The Morgan fingerprint density at radius 3 is 2.94 bits per heavy atom. The van der Waals surface area contributed by atoms with Gasteiger partial charge < -0.3 is 15.4 Å². The van der Waals surface area contributed by atoms with E-state index in [1.165, 1.54) is 5.56 Å². The number of ether oxygens (including phenoxy) is 1. The van der Waals surface area contributed by atoms with Crippen molar-refractivity contribution in [3.63, 3.8) is 0 Å². The molecule has 1 aromatic rings. The minimum atomic E-state index is 0.393. The second-order valence-corrected chi connectivity index (χ2v) is 4.27. The van der Waals surface area contributed by atoms with Gasteiger partial charge in [0.15, 0.2) is 0 Å². The molecule has 0 amide bonds. The van der Waals surface area contributed by atoms with Crippen LogP contribution in [0.2, 0.25) is 0 Å². The minimum absolute atomic E-state index is 0.393. The van der Waals surface area contributed by atoms with Gasteiger partial charge in [-0.25, -0.2) is 0 Å². The number of hydrogen-bond acceptors (Lipinski definition) is 3. The molecule has 0 spiro atoms. The second kappa shape index (κ2) is 5.99. The molecule has 1 aliphatic heterocycles. The zero-order valence-electron chi connectivity index (χ0n) is 9.78. The molecule has 0 bridgehead atoms. The summed E-state index contributed by atoms with van der Waals surface area (Å²) < 4.78 is 5.42. The highest BCUT2D eigenvalue weighted by molar-refractivity contribution is 5.18. The first-order chi connectivity index (χ1) is 7.86. The highest BCUT2D eigenvalue weighted by Crippen LogP contribution is 2.10. The molecule has 1 aliphatic rings. The lowest BCUT2D eigenvalue weighted by Crippen LogP contribution is -2.47. The standard InChI is InChI=1S/C13H20N2O/c1-11(12-5-3-2-4-6-12)15-9-13-10-16-8-7-14-13/h2-6,11,13-15H,7-10H2,1H3. The SMILES string of the molecule is CC(NCC1COCCN1)c1ccccc1. The highest BCUT2D eigenvalue weighted by Gasteiger charge is 2.13. The van der Waals surface area contributed by atoms with Crippen LogP contribution >= 0.6 is 0 Å². The molecule has 0 saturated carbocycles. The summed E-state index contributed by atoms with van der Waals surface area (Å²) in [5.41, 5.74) is 1.33. The van der Waals surface area contributed by atoms with Crippen LogP contribution in [0.1, 0.15) is 18.5 Å². The van der Waals surface area contributed by atoms with E-state index in [1.807, 2.05) is 6.07 Å². The lowest BCUT2D eigenvalue weighted by Gasteiger charge is -2.25. The Hall–Kier alpha value is -0.900. The Labute approximate surface area is 97.2 Å². The van der Waals surface area contributed by atoms with Crippen LogP contribution in [0, 0.1) is 0 Å². The first kappa shape index (κ1) is 11.6. The van der Waals surface area contributed by atoms with Crippen LogP contribution in [0.15, 0.2) is 30.3 Å². The lowest BCUT2D eigenvalue weighted by atomic mass is 10.1. The van der Waals surface area contributed by atoms with Gasteiger partial charge in [-0.15, -0.1) is 0 Å². The zero-order chi connectivity index (χ0) is 11.2. The van der Waals surface area contributed by atoms with E-state index in [9.17, 15) is 0 Å². The lowest BCUT2D eigenvalue weighted by molar-refractivity contribution is 0.0760.